The van der Waals surface area contributed by atoms with Crippen LogP contribution in [0.3, 0.4) is 0 Å². The standard InChI is InChI=1S/C31H52O13S3.3Na/c1-17(2)31(15-19(31)4)13-8-18(3)20-9-11-30(7)22-14-23(42-45(33,34)35)25-26(32)27(44-47(39,40)41)24(43-46(36,37)38)16-28(25,5)21(22)10-12-29(20,30)6;;;/h10,17-20,22-27,32H,8-9,11-16H2,1-7H3,(H,33,34,35)(H,36,37,38)(H,39,40,41);;;/q;3*+1/p-3/t18-,19?,20-,22-,23+,24+,25+,26-,27-,28-,29-,30+,31?;;;/m1.../s1. The van der Waals surface area contributed by atoms with Crippen LogP contribution in [0.15, 0.2) is 11.6 Å². The van der Waals surface area contributed by atoms with Gasteiger partial charge in [-0.05, 0) is 103 Å². The zero-order valence-electron chi connectivity index (χ0n) is 31.1. The van der Waals surface area contributed by atoms with Crippen LogP contribution in [0, 0.1) is 57.2 Å². The molecular weight excluding hydrogens is 745 g/mol. The zero-order valence-corrected chi connectivity index (χ0v) is 39.5. The summed E-state index contributed by atoms with van der Waals surface area (Å²) in [5.41, 5.74) is -0.834. The maximum absolute atomic E-state index is 12.1. The molecule has 0 radical (unpaired) electrons. The summed E-state index contributed by atoms with van der Waals surface area (Å²) in [7, 11) is -16.4. The molecule has 5 rings (SSSR count). The summed E-state index contributed by atoms with van der Waals surface area (Å²) >= 11 is 0. The van der Waals surface area contributed by atoms with Crippen molar-refractivity contribution in [2.24, 2.45) is 57.2 Å². The van der Waals surface area contributed by atoms with E-state index in [1.165, 1.54) is 6.42 Å². The van der Waals surface area contributed by atoms with E-state index in [1.807, 2.05) is 6.08 Å². The molecule has 5 aliphatic rings. The Morgan fingerprint density at radius 2 is 1.38 bits per heavy atom. The zero-order chi connectivity index (χ0) is 35.3. The number of allylic oxidation sites excluding steroid dienone is 2. The van der Waals surface area contributed by atoms with Gasteiger partial charge in [-0.25, -0.2) is 25.3 Å². The summed E-state index contributed by atoms with van der Waals surface area (Å²) in [6.07, 6.45) is -0.162. The number of fused-ring (bicyclic) bond motifs is 5. The topological polar surface area (TPSA) is 220 Å². The smallest absolute Gasteiger partial charge is 0.726 e. The van der Waals surface area contributed by atoms with E-state index in [0.29, 0.717) is 35.5 Å². The summed E-state index contributed by atoms with van der Waals surface area (Å²) in [5, 5.41) is 11.5. The predicted molar refractivity (Wildman–Crippen MR) is 165 cm³/mol. The first kappa shape index (κ1) is 48.5. The third-order valence-corrected chi connectivity index (χ3v) is 15.5. The van der Waals surface area contributed by atoms with Crippen LogP contribution in [0.25, 0.3) is 0 Å². The Bertz CT molecular complexity index is 1610. The molecule has 0 aromatic heterocycles. The molecule has 4 fully saturated rings. The number of hydrogen-bond acceptors (Lipinski definition) is 13. The fraction of sp³-hybridized carbons (Fsp3) is 0.935. The van der Waals surface area contributed by atoms with Gasteiger partial charge in [-0.2, -0.15) is 0 Å². The van der Waals surface area contributed by atoms with Crippen LogP contribution in [0.5, 0.6) is 0 Å². The molecule has 19 heteroatoms. The molecule has 0 amide bonds. The first-order valence-corrected chi connectivity index (χ1v) is 20.6. The second-order valence-electron chi connectivity index (χ2n) is 16.3. The summed E-state index contributed by atoms with van der Waals surface area (Å²) in [6, 6.07) is 0. The van der Waals surface area contributed by atoms with Crippen LogP contribution in [0.1, 0.15) is 99.8 Å². The van der Waals surface area contributed by atoms with E-state index in [4.69, 9.17) is 4.18 Å². The number of aliphatic hydroxyl groups is 1. The number of rotatable bonds is 11. The molecule has 13 nitrogen and oxygen atoms in total. The van der Waals surface area contributed by atoms with Gasteiger partial charge in [0, 0.05) is 5.92 Å². The Hall–Kier alpha value is 2.31. The van der Waals surface area contributed by atoms with E-state index >= 15 is 0 Å². The average Bonchev–Trinajstić information content (AvgIpc) is 3.47. The third-order valence-electron chi connectivity index (χ3n) is 14.1. The van der Waals surface area contributed by atoms with Gasteiger partial charge < -0.3 is 18.8 Å². The summed E-state index contributed by atoms with van der Waals surface area (Å²) in [6.45, 7) is 15.3. The Kier molecular flexibility index (Phi) is 15.8. The van der Waals surface area contributed by atoms with Crippen LogP contribution in [0.4, 0.5) is 0 Å². The maximum Gasteiger partial charge on any atom is 1.00 e. The van der Waals surface area contributed by atoms with Crippen LogP contribution >= 0.6 is 0 Å². The van der Waals surface area contributed by atoms with Gasteiger partial charge in [-0.1, -0.05) is 60.1 Å². The minimum Gasteiger partial charge on any atom is -0.726 e. The van der Waals surface area contributed by atoms with Crippen molar-refractivity contribution in [3.63, 3.8) is 0 Å². The first-order valence-electron chi connectivity index (χ1n) is 16.6. The van der Waals surface area contributed by atoms with Gasteiger partial charge in [0.15, 0.2) is 0 Å². The van der Waals surface area contributed by atoms with Gasteiger partial charge in [0.25, 0.3) is 0 Å². The summed E-state index contributed by atoms with van der Waals surface area (Å²) in [4.78, 5) is 0. The van der Waals surface area contributed by atoms with Crippen molar-refractivity contribution < 1.29 is 145 Å². The molecule has 0 heterocycles. The molecule has 272 valence electrons. The van der Waals surface area contributed by atoms with E-state index in [0.717, 1.165) is 31.3 Å². The number of hydrogen-bond donors (Lipinski definition) is 1. The van der Waals surface area contributed by atoms with Crippen molar-refractivity contribution in [1.29, 1.82) is 0 Å². The third kappa shape index (κ3) is 9.04. The predicted octanol–water partition coefficient (Wildman–Crippen LogP) is -5.21. The van der Waals surface area contributed by atoms with Gasteiger partial charge in [-0.15, -0.1) is 0 Å². The van der Waals surface area contributed by atoms with Crippen molar-refractivity contribution in [2.45, 2.75) is 124 Å². The summed E-state index contributed by atoms with van der Waals surface area (Å²) in [5.74, 6) is 0.368. The first-order chi connectivity index (χ1) is 21.3. The van der Waals surface area contributed by atoms with Crippen molar-refractivity contribution in [3.8, 4) is 0 Å². The SMILES string of the molecule is CC(C)C1(CC[C@@H](C)[C@H]2CC[C@@]3(C)[C@@H]4C[C@H](OS(=O)(=O)[O-])[C@H]5[C@@H](O)[C@H](OS(=O)(=O)[O-])[C@@H](OS(=O)(=O)[O-])C[C@]5(C)C4=CC[C@]23C)CC1C.[Na+].[Na+].[Na+]. The fourth-order valence-corrected chi connectivity index (χ4v) is 12.9. The maximum atomic E-state index is 12.1. The van der Waals surface area contributed by atoms with E-state index in [-0.39, 0.29) is 106 Å². The molecule has 5 aliphatic carbocycles. The van der Waals surface area contributed by atoms with Crippen LogP contribution < -0.4 is 88.7 Å². The largest absolute Gasteiger partial charge is 1.00 e. The molecule has 0 aromatic rings. The van der Waals surface area contributed by atoms with Gasteiger partial charge >= 0.3 is 88.7 Å². The van der Waals surface area contributed by atoms with E-state index in [9.17, 15) is 44.0 Å². The Morgan fingerprint density at radius 3 is 1.86 bits per heavy atom. The molecule has 4 saturated carbocycles. The fourth-order valence-electron chi connectivity index (χ4n) is 11.4. The second-order valence-corrected chi connectivity index (χ2v) is 19.4. The summed E-state index contributed by atoms with van der Waals surface area (Å²) < 4.78 is 120. The minimum absolute atomic E-state index is 0. The van der Waals surface area contributed by atoms with Crippen LogP contribution in [0.2, 0.25) is 0 Å². The molecule has 2 unspecified atom stereocenters. The molecule has 13 atom stereocenters. The van der Waals surface area contributed by atoms with Crippen molar-refractivity contribution in [1.82, 2.24) is 0 Å². The second kappa shape index (κ2) is 16.3. The quantitative estimate of drug-likeness (QED) is 0.0897. The van der Waals surface area contributed by atoms with Crippen molar-refractivity contribution in [2.75, 3.05) is 0 Å². The van der Waals surface area contributed by atoms with Gasteiger partial charge in [0.1, 0.15) is 12.2 Å². The monoisotopic (exact) mass is 794 g/mol. The molecule has 0 saturated heterocycles. The minimum atomic E-state index is -5.56. The Morgan fingerprint density at radius 1 is 0.860 bits per heavy atom. The molecule has 1 N–H and O–H groups in total. The number of aliphatic hydroxyl groups excluding tert-OH is 1. The molecule has 0 spiro atoms. The van der Waals surface area contributed by atoms with E-state index < -0.39 is 78.8 Å². The van der Waals surface area contributed by atoms with Gasteiger partial charge in [-0.3, -0.25) is 12.5 Å². The molecule has 0 aliphatic heterocycles. The molecular formula is C31H49Na3O13S3. The Labute approximate surface area is 365 Å². The van der Waals surface area contributed by atoms with Crippen LogP contribution in [-0.4, -0.2) is 68.4 Å². The molecule has 50 heavy (non-hydrogen) atoms. The van der Waals surface area contributed by atoms with Crippen molar-refractivity contribution in [3.05, 3.63) is 11.6 Å². The van der Waals surface area contributed by atoms with Gasteiger partial charge in [0.2, 0.25) is 31.2 Å². The molecule has 0 aromatic carbocycles. The van der Waals surface area contributed by atoms with Gasteiger partial charge in [0.05, 0.1) is 12.2 Å². The normalized spacial score (nSPS) is 43.2. The van der Waals surface area contributed by atoms with E-state index in [2.05, 4.69) is 49.9 Å². The van der Waals surface area contributed by atoms with Crippen LogP contribution in [-0.2, 0) is 43.7 Å². The average molecular weight is 795 g/mol. The van der Waals surface area contributed by atoms with Crippen molar-refractivity contribution >= 4 is 31.2 Å². The van der Waals surface area contributed by atoms with E-state index in [1.54, 1.807) is 6.92 Å². The molecule has 0 bridgehead atoms. The Balaban J connectivity index is 0.00000289.